The average Bonchev–Trinajstić information content (AvgIpc) is 3.13. The number of nitrogens with zero attached hydrogens (tertiary/aromatic N) is 7. The third-order valence-corrected chi connectivity index (χ3v) is 3.93. The van der Waals surface area contributed by atoms with Crippen LogP contribution in [0.5, 0.6) is 0 Å². The Morgan fingerprint density at radius 3 is 2.96 bits per heavy atom. The monoisotopic (exact) mass is 330 g/mol. The zero-order valence-corrected chi connectivity index (χ0v) is 14.4. The molecule has 0 spiro atoms. The summed E-state index contributed by atoms with van der Waals surface area (Å²) in [6.45, 7) is 5.51. The van der Waals surface area contributed by atoms with Gasteiger partial charge >= 0.3 is 0 Å². The number of nitrogens with one attached hydrogen (secondary N) is 1. The maximum Gasteiger partial charge on any atom is 0.163 e. The predicted octanol–water partition coefficient (Wildman–Crippen LogP) is 1.47. The molecule has 1 atom stereocenters. The second kappa shape index (κ2) is 6.91. The minimum atomic E-state index is -0.0484. The highest BCUT2D eigenvalue weighted by molar-refractivity contribution is 5.89. The fourth-order valence-electron chi connectivity index (χ4n) is 2.81. The smallest absolute Gasteiger partial charge is 0.163 e. The van der Waals surface area contributed by atoms with Crippen LogP contribution < -0.4 is 5.32 Å². The Kier molecular flexibility index (Phi) is 4.70. The Labute approximate surface area is 140 Å². The molecule has 0 bridgehead atoms. The molecule has 128 valence electrons. The molecule has 0 amide bonds. The van der Waals surface area contributed by atoms with Gasteiger partial charge in [-0.05, 0) is 20.3 Å². The van der Waals surface area contributed by atoms with E-state index in [-0.39, 0.29) is 6.04 Å². The van der Waals surface area contributed by atoms with E-state index in [2.05, 4.69) is 30.6 Å². The Morgan fingerprint density at radius 2 is 2.17 bits per heavy atom. The van der Waals surface area contributed by atoms with Crippen LogP contribution in [0.1, 0.15) is 30.9 Å². The van der Waals surface area contributed by atoms with E-state index in [9.17, 15) is 0 Å². The number of anilines is 1. The Morgan fingerprint density at radius 1 is 1.33 bits per heavy atom. The van der Waals surface area contributed by atoms with E-state index < -0.39 is 0 Å². The number of aryl methyl sites for hydroxylation is 3. The van der Waals surface area contributed by atoms with Gasteiger partial charge in [-0.25, -0.2) is 9.97 Å². The number of fused-ring (bicyclic) bond motifs is 1. The highest BCUT2D eigenvalue weighted by atomic mass is 16.5. The normalized spacial score (nSPS) is 12.7. The SMILES string of the molecule is COCCCn1cnnc1[C@@H](C)Nc1ncnc2c1c(C)nn2C. The lowest BCUT2D eigenvalue weighted by atomic mass is 10.2. The van der Waals surface area contributed by atoms with Crippen LogP contribution in [0.2, 0.25) is 0 Å². The first-order valence-electron chi connectivity index (χ1n) is 7.89. The van der Waals surface area contributed by atoms with Gasteiger partial charge in [-0.3, -0.25) is 4.68 Å². The highest BCUT2D eigenvalue weighted by Crippen LogP contribution is 2.25. The maximum absolute atomic E-state index is 5.10. The van der Waals surface area contributed by atoms with Crippen LogP contribution in [-0.4, -0.2) is 48.2 Å². The molecule has 3 rings (SSSR count). The molecule has 0 unspecified atom stereocenters. The zero-order chi connectivity index (χ0) is 17.1. The summed E-state index contributed by atoms with van der Waals surface area (Å²) in [5.41, 5.74) is 1.70. The summed E-state index contributed by atoms with van der Waals surface area (Å²) in [5, 5.41) is 17.0. The third kappa shape index (κ3) is 3.07. The standard InChI is InChI=1S/C15H22N8O/c1-10-12-13(16-8-17-15(12)22(3)21-10)19-11(2)14-20-18-9-23(14)6-5-7-24-4/h8-9,11H,5-7H2,1-4H3,(H,16,17,19)/t11-/m1/s1. The molecule has 3 heterocycles. The number of hydrogen-bond acceptors (Lipinski definition) is 7. The number of ether oxygens (including phenoxy) is 1. The largest absolute Gasteiger partial charge is 0.385 e. The number of aromatic nitrogens is 7. The van der Waals surface area contributed by atoms with Gasteiger partial charge in [-0.2, -0.15) is 5.10 Å². The lowest BCUT2D eigenvalue weighted by molar-refractivity contribution is 0.190. The quantitative estimate of drug-likeness (QED) is 0.655. The van der Waals surface area contributed by atoms with Gasteiger partial charge in [0.1, 0.15) is 18.5 Å². The van der Waals surface area contributed by atoms with E-state index >= 15 is 0 Å². The Balaban J connectivity index is 1.83. The zero-order valence-electron chi connectivity index (χ0n) is 14.4. The molecular formula is C15H22N8O. The van der Waals surface area contributed by atoms with Gasteiger partial charge in [0.2, 0.25) is 0 Å². The fourth-order valence-corrected chi connectivity index (χ4v) is 2.81. The van der Waals surface area contributed by atoms with Gasteiger partial charge in [-0.1, -0.05) is 0 Å². The minimum Gasteiger partial charge on any atom is -0.385 e. The van der Waals surface area contributed by atoms with E-state index in [0.29, 0.717) is 6.61 Å². The van der Waals surface area contributed by atoms with Crippen LogP contribution in [0, 0.1) is 6.92 Å². The van der Waals surface area contributed by atoms with E-state index in [0.717, 1.165) is 41.3 Å². The molecule has 0 aliphatic rings. The molecule has 0 radical (unpaired) electrons. The van der Waals surface area contributed by atoms with Crippen molar-refractivity contribution in [2.45, 2.75) is 32.9 Å². The Bertz CT molecular complexity index is 824. The minimum absolute atomic E-state index is 0.0484. The number of rotatable bonds is 7. The van der Waals surface area contributed by atoms with Crippen molar-refractivity contribution in [3.05, 3.63) is 24.2 Å². The molecule has 3 aromatic heterocycles. The molecule has 3 aromatic rings. The lowest BCUT2D eigenvalue weighted by Gasteiger charge is -2.15. The summed E-state index contributed by atoms with van der Waals surface area (Å²) in [4.78, 5) is 8.69. The molecule has 0 fully saturated rings. The van der Waals surface area contributed by atoms with Crippen molar-refractivity contribution in [2.75, 3.05) is 19.0 Å². The summed E-state index contributed by atoms with van der Waals surface area (Å²) in [6, 6.07) is -0.0484. The topological polar surface area (TPSA) is 95.6 Å². The third-order valence-electron chi connectivity index (χ3n) is 3.93. The first-order valence-corrected chi connectivity index (χ1v) is 7.89. The van der Waals surface area contributed by atoms with E-state index in [1.807, 2.05) is 25.5 Å². The van der Waals surface area contributed by atoms with E-state index in [4.69, 9.17) is 4.74 Å². The highest BCUT2D eigenvalue weighted by Gasteiger charge is 2.17. The summed E-state index contributed by atoms with van der Waals surface area (Å²) >= 11 is 0. The predicted molar refractivity (Wildman–Crippen MR) is 89.6 cm³/mol. The van der Waals surface area contributed by atoms with Crippen LogP contribution >= 0.6 is 0 Å². The van der Waals surface area contributed by atoms with Gasteiger partial charge in [0.25, 0.3) is 0 Å². The molecule has 0 saturated carbocycles. The fraction of sp³-hybridized carbons (Fsp3) is 0.533. The number of methoxy groups -OCH3 is 1. The van der Waals surface area contributed by atoms with Crippen molar-refractivity contribution < 1.29 is 4.74 Å². The van der Waals surface area contributed by atoms with Crippen LogP contribution in [0.15, 0.2) is 12.7 Å². The molecule has 0 aliphatic carbocycles. The van der Waals surface area contributed by atoms with Crippen molar-refractivity contribution in [1.82, 2.24) is 34.5 Å². The first kappa shape index (κ1) is 16.3. The molecule has 9 heteroatoms. The van der Waals surface area contributed by atoms with Crippen molar-refractivity contribution in [3.63, 3.8) is 0 Å². The maximum atomic E-state index is 5.10. The van der Waals surface area contributed by atoms with Gasteiger partial charge in [-0.15, -0.1) is 10.2 Å². The van der Waals surface area contributed by atoms with Crippen LogP contribution in [0.4, 0.5) is 5.82 Å². The molecule has 0 saturated heterocycles. The van der Waals surface area contributed by atoms with Crippen LogP contribution in [-0.2, 0) is 18.3 Å². The second-order valence-electron chi connectivity index (χ2n) is 5.72. The first-order chi connectivity index (χ1) is 11.6. The van der Waals surface area contributed by atoms with Crippen molar-refractivity contribution in [1.29, 1.82) is 0 Å². The molecule has 0 aliphatic heterocycles. The molecule has 9 nitrogen and oxygen atoms in total. The molecule has 1 N–H and O–H groups in total. The van der Waals surface area contributed by atoms with Crippen molar-refractivity contribution >= 4 is 16.9 Å². The van der Waals surface area contributed by atoms with Crippen LogP contribution in [0.25, 0.3) is 11.0 Å². The van der Waals surface area contributed by atoms with Crippen molar-refractivity contribution in [2.24, 2.45) is 7.05 Å². The second-order valence-corrected chi connectivity index (χ2v) is 5.72. The van der Waals surface area contributed by atoms with Gasteiger partial charge < -0.3 is 14.6 Å². The van der Waals surface area contributed by atoms with E-state index in [1.54, 1.807) is 24.4 Å². The summed E-state index contributed by atoms with van der Waals surface area (Å²) in [7, 11) is 3.58. The summed E-state index contributed by atoms with van der Waals surface area (Å²) < 4.78 is 8.90. The summed E-state index contributed by atoms with van der Waals surface area (Å²) in [5.74, 6) is 1.61. The molecule has 24 heavy (non-hydrogen) atoms. The molecule has 0 aromatic carbocycles. The van der Waals surface area contributed by atoms with Gasteiger partial charge in [0.15, 0.2) is 11.5 Å². The van der Waals surface area contributed by atoms with Gasteiger partial charge in [0, 0.05) is 27.3 Å². The Hall–Kier alpha value is -2.55. The van der Waals surface area contributed by atoms with E-state index in [1.165, 1.54) is 0 Å². The molecular weight excluding hydrogens is 308 g/mol. The summed E-state index contributed by atoms with van der Waals surface area (Å²) in [6.07, 6.45) is 4.20. The van der Waals surface area contributed by atoms with Crippen molar-refractivity contribution in [3.8, 4) is 0 Å². The average molecular weight is 330 g/mol. The van der Waals surface area contributed by atoms with Crippen LogP contribution in [0.3, 0.4) is 0 Å². The van der Waals surface area contributed by atoms with Gasteiger partial charge in [0.05, 0.1) is 17.1 Å². The number of hydrogen-bond donors (Lipinski definition) is 1. The lowest BCUT2D eigenvalue weighted by Crippen LogP contribution is -2.15.